The summed E-state index contributed by atoms with van der Waals surface area (Å²) < 4.78 is 34.6. The molecule has 1 aliphatic heterocycles. The molecule has 0 aromatic carbocycles. The number of rotatable bonds is 19. The smallest absolute Gasteiger partial charge is 0.373 e. The third kappa shape index (κ3) is 12.5. The average molecular weight is 696 g/mol. The van der Waals surface area contributed by atoms with Gasteiger partial charge in [-0.05, 0) is 54.4 Å². The number of carbonyl (C=O) groups excluding carboxylic acids is 3. The van der Waals surface area contributed by atoms with E-state index in [9.17, 15) is 14.4 Å². The Balaban J connectivity index is 0.00000324. The molecular formula is C29H50N3O10PS2. The molecule has 1 aliphatic rings. The van der Waals surface area contributed by atoms with Crippen LogP contribution in [0.1, 0.15) is 86.4 Å². The molecule has 1 fully saturated rings. The molecule has 0 radical (unpaired) electrons. The molecule has 0 bridgehead atoms. The van der Waals surface area contributed by atoms with E-state index in [0.29, 0.717) is 30.8 Å². The fourth-order valence-corrected chi connectivity index (χ4v) is 7.91. The van der Waals surface area contributed by atoms with E-state index in [1.165, 1.54) is 10.8 Å². The Morgan fingerprint density at radius 2 is 1.80 bits per heavy atom. The number of carbonyl (C=O) groups is 1. The van der Waals surface area contributed by atoms with Crippen molar-refractivity contribution in [2.75, 3.05) is 31.5 Å². The van der Waals surface area contributed by atoms with Gasteiger partial charge in [0.1, 0.15) is 17.6 Å². The van der Waals surface area contributed by atoms with Gasteiger partial charge in [-0.25, -0.2) is 9.46 Å². The second-order valence-electron chi connectivity index (χ2n) is 10.9. The molecule has 258 valence electrons. The summed E-state index contributed by atoms with van der Waals surface area (Å²) in [6, 6.07) is 0.187. The van der Waals surface area contributed by atoms with Crippen LogP contribution in [-0.2, 0) is 37.6 Å². The lowest BCUT2D eigenvalue weighted by molar-refractivity contribution is -0.191. The van der Waals surface area contributed by atoms with Gasteiger partial charge in [0, 0.05) is 36.0 Å². The van der Waals surface area contributed by atoms with Crippen molar-refractivity contribution in [3.63, 3.8) is 0 Å². The third-order valence-electron chi connectivity index (χ3n) is 7.06. The highest BCUT2D eigenvalue weighted by atomic mass is 33.1. The van der Waals surface area contributed by atoms with E-state index in [2.05, 4.69) is 44.3 Å². The summed E-state index contributed by atoms with van der Waals surface area (Å²) in [4.78, 5) is 56.4. The summed E-state index contributed by atoms with van der Waals surface area (Å²) in [5.41, 5.74) is -1.50. The summed E-state index contributed by atoms with van der Waals surface area (Å²) in [7, 11) is 1.66. The Morgan fingerprint density at radius 3 is 2.33 bits per heavy atom. The number of ether oxygens (including phenoxy) is 3. The van der Waals surface area contributed by atoms with Gasteiger partial charge in [0.25, 0.3) is 14.1 Å². The Morgan fingerprint density at radius 1 is 1.16 bits per heavy atom. The third-order valence-corrected chi connectivity index (χ3v) is 11.3. The van der Waals surface area contributed by atoms with Crippen LogP contribution < -0.4 is 11.2 Å². The first kappa shape index (κ1) is 41.5. The number of aromatic amines is 1. The monoisotopic (exact) mass is 695 g/mol. The zero-order valence-corrected chi connectivity index (χ0v) is 30.4. The fraction of sp³-hybridized carbons (Fsp3) is 0.793. The highest BCUT2D eigenvalue weighted by molar-refractivity contribution is 8.76. The minimum atomic E-state index is -1.65. The van der Waals surface area contributed by atoms with Crippen molar-refractivity contribution in [3.8, 4) is 0 Å². The number of aromatic nitrogens is 2. The predicted octanol–water partition coefficient (Wildman–Crippen LogP) is 5.04. The Labute approximate surface area is 275 Å². The van der Waals surface area contributed by atoms with Gasteiger partial charge < -0.3 is 23.3 Å². The molecule has 2 rings (SSSR count). The maximum absolute atomic E-state index is 13.3. The van der Waals surface area contributed by atoms with E-state index in [0.717, 1.165) is 5.75 Å². The van der Waals surface area contributed by atoms with Gasteiger partial charge in [0.2, 0.25) is 0 Å². The van der Waals surface area contributed by atoms with Gasteiger partial charge >= 0.3 is 17.8 Å². The van der Waals surface area contributed by atoms with Gasteiger partial charge in [-0.3, -0.25) is 19.1 Å². The quantitative estimate of drug-likeness (QED) is 0.0676. The number of hydrogen-bond acceptors (Lipinski definition) is 13. The average Bonchev–Trinajstić information content (AvgIpc) is 3.39. The van der Waals surface area contributed by atoms with Crippen LogP contribution >= 0.6 is 30.1 Å². The minimum absolute atomic E-state index is 0.0714. The van der Waals surface area contributed by atoms with Crippen LogP contribution in [0.15, 0.2) is 15.8 Å². The van der Waals surface area contributed by atoms with E-state index in [1.54, 1.807) is 35.4 Å². The van der Waals surface area contributed by atoms with E-state index in [-0.39, 0.29) is 56.2 Å². The second-order valence-corrected chi connectivity index (χ2v) is 15.0. The van der Waals surface area contributed by atoms with Crippen molar-refractivity contribution in [3.05, 3.63) is 32.6 Å². The second kappa shape index (κ2) is 21.4. The molecule has 1 saturated heterocycles. The van der Waals surface area contributed by atoms with Crippen LogP contribution in [0.2, 0.25) is 0 Å². The normalized spacial score (nSPS) is 20.0. The number of H-pyrrole nitrogens is 1. The van der Waals surface area contributed by atoms with Crippen molar-refractivity contribution < 1.29 is 37.6 Å². The first-order valence-electron chi connectivity index (χ1n) is 15.2. The fourth-order valence-electron chi connectivity index (χ4n) is 4.74. The number of esters is 1. The SMILES string of the molecule is CCOC(=O)C(CC)(COCSSCC)COP(OC1C[C@H](n2cc(C)c(=O)[nH]c2=O)O[C@@H]1CC)N(C(C)C)C(C)C.O=C=O. The summed E-state index contributed by atoms with van der Waals surface area (Å²) in [5, 5.41) is 0. The minimum Gasteiger partial charge on any atom is -0.465 e. The van der Waals surface area contributed by atoms with E-state index < -0.39 is 31.4 Å². The highest BCUT2D eigenvalue weighted by Gasteiger charge is 2.44. The number of nitrogens with zero attached hydrogens (tertiary/aromatic N) is 2. The highest BCUT2D eigenvalue weighted by Crippen LogP contribution is 2.51. The van der Waals surface area contributed by atoms with Gasteiger partial charge in [-0.2, -0.15) is 9.59 Å². The van der Waals surface area contributed by atoms with Crippen molar-refractivity contribution >= 4 is 42.2 Å². The Hall–Kier alpha value is -1.54. The van der Waals surface area contributed by atoms with Crippen LogP contribution in [0, 0.1) is 12.3 Å². The molecule has 1 aromatic rings. The maximum Gasteiger partial charge on any atom is 0.373 e. The van der Waals surface area contributed by atoms with Gasteiger partial charge in [-0.1, -0.05) is 42.4 Å². The molecule has 5 atom stereocenters. The van der Waals surface area contributed by atoms with E-state index >= 15 is 0 Å². The predicted molar refractivity (Wildman–Crippen MR) is 176 cm³/mol. The Bertz CT molecular complexity index is 1170. The molecule has 1 N–H and O–H groups in total. The molecular weight excluding hydrogens is 645 g/mol. The molecule has 0 saturated carbocycles. The Kier molecular flexibility index (Phi) is 19.7. The van der Waals surface area contributed by atoms with Gasteiger partial charge in [0.05, 0.1) is 32.0 Å². The van der Waals surface area contributed by atoms with Crippen LogP contribution in [-0.4, -0.2) is 82.1 Å². The van der Waals surface area contributed by atoms with Crippen molar-refractivity contribution in [2.24, 2.45) is 5.41 Å². The lowest BCUT2D eigenvalue weighted by atomic mass is 9.87. The van der Waals surface area contributed by atoms with E-state index in [4.69, 9.17) is 32.8 Å². The molecule has 0 spiro atoms. The lowest BCUT2D eigenvalue weighted by Gasteiger charge is -2.39. The lowest BCUT2D eigenvalue weighted by Crippen LogP contribution is -2.42. The molecule has 45 heavy (non-hydrogen) atoms. The first-order chi connectivity index (χ1) is 21.4. The molecule has 16 heteroatoms. The molecule has 2 heterocycles. The van der Waals surface area contributed by atoms with Crippen LogP contribution in [0.4, 0.5) is 0 Å². The van der Waals surface area contributed by atoms with Gasteiger partial charge in [-0.15, -0.1) is 0 Å². The molecule has 13 nitrogen and oxygen atoms in total. The zero-order chi connectivity index (χ0) is 34.2. The van der Waals surface area contributed by atoms with Crippen molar-refractivity contribution in [1.29, 1.82) is 0 Å². The maximum atomic E-state index is 13.3. The van der Waals surface area contributed by atoms with Crippen molar-refractivity contribution in [1.82, 2.24) is 14.2 Å². The first-order valence-corrected chi connectivity index (χ1v) is 18.8. The van der Waals surface area contributed by atoms with Gasteiger partial charge in [0.15, 0.2) is 0 Å². The van der Waals surface area contributed by atoms with Crippen LogP contribution in [0.5, 0.6) is 0 Å². The van der Waals surface area contributed by atoms with Crippen LogP contribution in [0.25, 0.3) is 0 Å². The summed E-state index contributed by atoms with van der Waals surface area (Å²) in [5.74, 6) is 1.08. The van der Waals surface area contributed by atoms with E-state index in [1.807, 2.05) is 13.8 Å². The largest absolute Gasteiger partial charge is 0.465 e. The van der Waals surface area contributed by atoms with Crippen LogP contribution in [0.3, 0.4) is 0 Å². The molecule has 0 amide bonds. The molecule has 0 aliphatic carbocycles. The molecule has 3 unspecified atom stereocenters. The summed E-state index contributed by atoms with van der Waals surface area (Å²) >= 11 is 0. The summed E-state index contributed by atoms with van der Waals surface area (Å²) in [6.45, 7) is 18.3. The number of nitrogens with one attached hydrogen (secondary N) is 1. The molecule has 1 aromatic heterocycles. The summed E-state index contributed by atoms with van der Waals surface area (Å²) in [6.07, 6.45) is 2.07. The standard InChI is InChI=1S/C28H50N3O8PS2.CO2/c1-10-22-23(14-24(38-22)30-15-21(9)25(32)29-27(30)34)39-40(31(19(5)6)20(7)8)37-17-28(11-2,26(33)36-12-3)16-35-18-42-41-13-4;2-1-3/h15,19-20,22-24H,10-14,16-18H2,1-9H3,(H,29,32,34);/t22-,23?,24-,28?,40?;/m1./s1. The number of hydrogen-bond donors (Lipinski definition) is 1. The topological polar surface area (TPSA) is 155 Å². The van der Waals surface area contributed by atoms with Crippen molar-refractivity contribution in [2.45, 2.75) is 112 Å². The number of aryl methyl sites for hydroxylation is 1. The zero-order valence-electron chi connectivity index (χ0n) is 27.9.